The Kier molecular flexibility index (Phi) is 8.57. The van der Waals surface area contributed by atoms with Crippen LogP contribution in [-0.4, -0.2) is 38.4 Å². The molecule has 0 atom stereocenters. The summed E-state index contributed by atoms with van der Waals surface area (Å²) in [6.07, 6.45) is 0.857. The van der Waals surface area contributed by atoms with Gasteiger partial charge in [0.05, 0.1) is 6.10 Å². The van der Waals surface area contributed by atoms with Gasteiger partial charge in [-0.2, -0.15) is 0 Å². The van der Waals surface area contributed by atoms with Crippen LogP contribution in [0.25, 0.3) is 0 Å². The Labute approximate surface area is 86.0 Å². The van der Waals surface area contributed by atoms with Crippen LogP contribution in [0.1, 0.15) is 27.2 Å². The number of esters is 1. The largest absolute Gasteiger partial charge is 0.461 e. The SMILES string of the molecule is CCNCCCOCC(=O)OC(C)C. The number of carbonyl (C=O) groups excluding carboxylic acids is 1. The summed E-state index contributed by atoms with van der Waals surface area (Å²) in [7, 11) is 0. The minimum Gasteiger partial charge on any atom is -0.461 e. The van der Waals surface area contributed by atoms with Gasteiger partial charge in [0.1, 0.15) is 6.61 Å². The van der Waals surface area contributed by atoms with Gasteiger partial charge in [0, 0.05) is 6.61 Å². The van der Waals surface area contributed by atoms with Crippen molar-refractivity contribution < 1.29 is 14.3 Å². The summed E-state index contributed by atoms with van der Waals surface area (Å²) in [4.78, 5) is 11.0. The molecule has 84 valence electrons. The minimum absolute atomic E-state index is 0.0598. The van der Waals surface area contributed by atoms with Crippen LogP contribution in [0.3, 0.4) is 0 Å². The second-order valence-electron chi connectivity index (χ2n) is 3.30. The van der Waals surface area contributed by atoms with Gasteiger partial charge in [-0.05, 0) is 33.4 Å². The van der Waals surface area contributed by atoms with E-state index in [1.54, 1.807) is 0 Å². The lowest BCUT2D eigenvalue weighted by Crippen LogP contribution is -2.19. The van der Waals surface area contributed by atoms with Crippen molar-refractivity contribution in [2.45, 2.75) is 33.3 Å². The molecule has 0 heterocycles. The molecule has 0 aliphatic carbocycles. The molecular formula is C10H21NO3. The first-order valence-electron chi connectivity index (χ1n) is 5.14. The minimum atomic E-state index is -0.288. The molecule has 0 aromatic heterocycles. The van der Waals surface area contributed by atoms with Crippen molar-refractivity contribution in [2.75, 3.05) is 26.3 Å². The average molecular weight is 203 g/mol. The van der Waals surface area contributed by atoms with E-state index in [2.05, 4.69) is 12.2 Å². The van der Waals surface area contributed by atoms with Crippen LogP contribution in [-0.2, 0) is 14.3 Å². The Hall–Kier alpha value is -0.610. The second kappa shape index (κ2) is 8.97. The molecule has 4 heteroatoms. The Morgan fingerprint density at radius 2 is 2.14 bits per heavy atom. The van der Waals surface area contributed by atoms with Gasteiger partial charge in [0.15, 0.2) is 0 Å². The first kappa shape index (κ1) is 13.4. The predicted octanol–water partition coefficient (Wildman–Crippen LogP) is 0.954. The van der Waals surface area contributed by atoms with Crippen molar-refractivity contribution in [2.24, 2.45) is 0 Å². The van der Waals surface area contributed by atoms with Crippen LogP contribution in [0.2, 0.25) is 0 Å². The highest BCUT2D eigenvalue weighted by molar-refractivity contribution is 5.70. The Morgan fingerprint density at radius 3 is 2.71 bits per heavy atom. The summed E-state index contributed by atoms with van der Waals surface area (Å²) in [6, 6.07) is 0. The lowest BCUT2D eigenvalue weighted by atomic mass is 10.4. The molecule has 0 bridgehead atoms. The molecule has 0 saturated heterocycles. The maximum Gasteiger partial charge on any atom is 0.332 e. The third-order valence-electron chi connectivity index (χ3n) is 1.48. The van der Waals surface area contributed by atoms with Gasteiger partial charge in [-0.3, -0.25) is 0 Å². The van der Waals surface area contributed by atoms with E-state index >= 15 is 0 Å². The summed E-state index contributed by atoms with van der Waals surface area (Å²) in [6.45, 7) is 8.25. The molecule has 0 aliphatic heterocycles. The highest BCUT2D eigenvalue weighted by Crippen LogP contribution is 1.90. The number of rotatable bonds is 8. The topological polar surface area (TPSA) is 47.6 Å². The van der Waals surface area contributed by atoms with Gasteiger partial charge < -0.3 is 14.8 Å². The lowest BCUT2D eigenvalue weighted by Gasteiger charge is -2.08. The van der Waals surface area contributed by atoms with E-state index in [4.69, 9.17) is 9.47 Å². The third-order valence-corrected chi connectivity index (χ3v) is 1.48. The van der Waals surface area contributed by atoms with Crippen molar-refractivity contribution >= 4 is 5.97 Å². The third kappa shape index (κ3) is 9.48. The molecule has 0 rings (SSSR count). The van der Waals surface area contributed by atoms with Crippen LogP contribution < -0.4 is 5.32 Å². The summed E-state index contributed by atoms with van der Waals surface area (Å²) in [5, 5.41) is 3.17. The molecule has 0 aromatic carbocycles. The van der Waals surface area contributed by atoms with Crippen molar-refractivity contribution in [3.63, 3.8) is 0 Å². The molecule has 0 fully saturated rings. The first-order valence-corrected chi connectivity index (χ1v) is 5.14. The van der Waals surface area contributed by atoms with Crippen LogP contribution in [0.15, 0.2) is 0 Å². The zero-order valence-electron chi connectivity index (χ0n) is 9.34. The van der Waals surface area contributed by atoms with E-state index in [9.17, 15) is 4.79 Å². The maximum absolute atomic E-state index is 11.0. The molecule has 0 aliphatic rings. The van der Waals surface area contributed by atoms with Crippen LogP contribution in [0.4, 0.5) is 0 Å². The van der Waals surface area contributed by atoms with Crippen LogP contribution >= 0.6 is 0 Å². The van der Waals surface area contributed by atoms with Crippen LogP contribution in [0, 0.1) is 0 Å². The fourth-order valence-corrected chi connectivity index (χ4v) is 0.928. The van der Waals surface area contributed by atoms with Crippen molar-refractivity contribution in [1.82, 2.24) is 5.32 Å². The van der Waals surface area contributed by atoms with Crippen LogP contribution in [0.5, 0.6) is 0 Å². The average Bonchev–Trinajstić information content (AvgIpc) is 2.10. The first-order chi connectivity index (χ1) is 6.66. The molecule has 14 heavy (non-hydrogen) atoms. The summed E-state index contributed by atoms with van der Waals surface area (Å²) in [5.74, 6) is -0.288. The number of hydrogen-bond acceptors (Lipinski definition) is 4. The summed E-state index contributed by atoms with van der Waals surface area (Å²) in [5.41, 5.74) is 0. The molecule has 1 N–H and O–H groups in total. The van der Waals surface area contributed by atoms with E-state index in [0.717, 1.165) is 19.5 Å². The smallest absolute Gasteiger partial charge is 0.332 e. The number of ether oxygens (including phenoxy) is 2. The quantitative estimate of drug-likeness (QED) is 0.471. The number of nitrogens with one attached hydrogen (secondary N) is 1. The highest BCUT2D eigenvalue weighted by atomic mass is 16.6. The van der Waals surface area contributed by atoms with Gasteiger partial charge in [-0.1, -0.05) is 6.92 Å². The van der Waals surface area contributed by atoms with Gasteiger partial charge in [0.25, 0.3) is 0 Å². The number of carbonyl (C=O) groups is 1. The molecule has 0 unspecified atom stereocenters. The van der Waals surface area contributed by atoms with Gasteiger partial charge in [-0.25, -0.2) is 4.79 Å². The molecule has 0 saturated carbocycles. The van der Waals surface area contributed by atoms with Crippen molar-refractivity contribution in [3.8, 4) is 0 Å². The molecule has 0 aromatic rings. The Balaban J connectivity index is 3.15. The number of hydrogen-bond donors (Lipinski definition) is 1. The molecule has 0 spiro atoms. The van der Waals surface area contributed by atoms with E-state index in [0.29, 0.717) is 6.61 Å². The van der Waals surface area contributed by atoms with E-state index < -0.39 is 0 Å². The molecule has 0 radical (unpaired) electrons. The van der Waals surface area contributed by atoms with E-state index in [1.165, 1.54) is 0 Å². The van der Waals surface area contributed by atoms with Crippen molar-refractivity contribution in [1.29, 1.82) is 0 Å². The van der Waals surface area contributed by atoms with E-state index in [1.807, 2.05) is 13.8 Å². The van der Waals surface area contributed by atoms with Gasteiger partial charge in [-0.15, -0.1) is 0 Å². The standard InChI is InChI=1S/C10H21NO3/c1-4-11-6-5-7-13-8-10(12)14-9(2)3/h9,11H,4-8H2,1-3H3. The van der Waals surface area contributed by atoms with E-state index in [-0.39, 0.29) is 18.7 Å². The van der Waals surface area contributed by atoms with Gasteiger partial charge >= 0.3 is 5.97 Å². The normalized spacial score (nSPS) is 10.6. The monoisotopic (exact) mass is 203 g/mol. The predicted molar refractivity (Wildman–Crippen MR) is 55.2 cm³/mol. The highest BCUT2D eigenvalue weighted by Gasteiger charge is 2.04. The van der Waals surface area contributed by atoms with Crippen molar-refractivity contribution in [3.05, 3.63) is 0 Å². The summed E-state index contributed by atoms with van der Waals surface area (Å²) >= 11 is 0. The zero-order chi connectivity index (χ0) is 10.8. The molecular weight excluding hydrogens is 182 g/mol. The molecule has 0 amide bonds. The zero-order valence-corrected chi connectivity index (χ0v) is 9.34. The summed E-state index contributed by atoms with van der Waals surface area (Å²) < 4.78 is 10.0. The second-order valence-corrected chi connectivity index (χ2v) is 3.30. The fraction of sp³-hybridized carbons (Fsp3) is 0.900. The Morgan fingerprint density at radius 1 is 1.43 bits per heavy atom. The fourth-order valence-electron chi connectivity index (χ4n) is 0.928. The Bertz CT molecular complexity index is 148. The molecule has 4 nitrogen and oxygen atoms in total. The lowest BCUT2D eigenvalue weighted by molar-refractivity contribution is -0.152. The maximum atomic E-state index is 11.0. The van der Waals surface area contributed by atoms with Gasteiger partial charge in [0.2, 0.25) is 0 Å².